The van der Waals surface area contributed by atoms with E-state index in [2.05, 4.69) is 10.6 Å². The fourth-order valence-electron chi connectivity index (χ4n) is 3.78. The number of anilines is 1. The van der Waals surface area contributed by atoms with E-state index in [0.717, 1.165) is 0 Å². The molecular formula is C20H29N3O6. The molecule has 0 saturated carbocycles. The van der Waals surface area contributed by atoms with Crippen molar-refractivity contribution in [1.29, 1.82) is 0 Å². The van der Waals surface area contributed by atoms with Gasteiger partial charge in [-0.1, -0.05) is 6.07 Å². The van der Waals surface area contributed by atoms with Gasteiger partial charge in [0, 0.05) is 18.8 Å². The SMILES string of the molecule is CNC(=O)C[C@H]1CC[C@H]2[C@@H](COC[C@H](O)CN2C(=O)Nc2cccc(OC)c2)O1. The molecule has 2 heterocycles. The second kappa shape index (κ2) is 9.91. The van der Waals surface area contributed by atoms with Crippen LogP contribution in [0.25, 0.3) is 0 Å². The van der Waals surface area contributed by atoms with Gasteiger partial charge in [-0.3, -0.25) is 4.79 Å². The average molecular weight is 407 g/mol. The van der Waals surface area contributed by atoms with Crippen LogP contribution in [0.15, 0.2) is 24.3 Å². The number of rotatable bonds is 4. The number of β-amino-alcohol motifs (C(OH)–C–C–N with tert-alkyl or cyclic N) is 1. The quantitative estimate of drug-likeness (QED) is 0.686. The lowest BCUT2D eigenvalue weighted by Crippen LogP contribution is -2.58. The van der Waals surface area contributed by atoms with Crippen molar-refractivity contribution < 1.29 is 28.9 Å². The standard InChI is InChI=1S/C20H29N3O6/c1-21-19(25)9-16-6-7-17-18(29-16)12-28-11-14(24)10-23(17)20(26)22-13-4-3-5-15(8-13)27-2/h3-5,8,14,16-18,24H,6-7,9-12H2,1-2H3,(H,21,25)(H,22,26)/t14-,16-,17+,18-/m1/s1. The van der Waals surface area contributed by atoms with Crippen molar-refractivity contribution in [2.24, 2.45) is 0 Å². The third-order valence-corrected chi connectivity index (χ3v) is 5.25. The smallest absolute Gasteiger partial charge is 0.322 e. The van der Waals surface area contributed by atoms with Crippen LogP contribution in [-0.2, 0) is 14.3 Å². The first-order valence-corrected chi connectivity index (χ1v) is 9.83. The maximum Gasteiger partial charge on any atom is 0.322 e. The van der Waals surface area contributed by atoms with E-state index in [1.54, 1.807) is 43.3 Å². The van der Waals surface area contributed by atoms with Crippen molar-refractivity contribution in [2.75, 3.05) is 39.2 Å². The molecular weight excluding hydrogens is 378 g/mol. The molecule has 29 heavy (non-hydrogen) atoms. The highest BCUT2D eigenvalue weighted by molar-refractivity contribution is 5.89. The molecule has 4 atom stereocenters. The summed E-state index contributed by atoms with van der Waals surface area (Å²) in [7, 11) is 3.16. The minimum atomic E-state index is -0.782. The van der Waals surface area contributed by atoms with Crippen LogP contribution in [0, 0.1) is 0 Å². The zero-order valence-corrected chi connectivity index (χ0v) is 16.8. The van der Waals surface area contributed by atoms with Crippen LogP contribution in [0.4, 0.5) is 10.5 Å². The monoisotopic (exact) mass is 407 g/mol. The minimum Gasteiger partial charge on any atom is -0.497 e. The lowest BCUT2D eigenvalue weighted by atomic mass is 9.95. The Morgan fingerprint density at radius 3 is 2.90 bits per heavy atom. The van der Waals surface area contributed by atoms with Crippen molar-refractivity contribution in [3.8, 4) is 5.75 Å². The lowest BCUT2D eigenvalue weighted by molar-refractivity contribution is -0.149. The molecule has 2 saturated heterocycles. The normalized spacial score (nSPS) is 27.2. The number of urea groups is 1. The van der Waals surface area contributed by atoms with Crippen molar-refractivity contribution in [3.05, 3.63) is 24.3 Å². The summed E-state index contributed by atoms with van der Waals surface area (Å²) in [6.07, 6.45) is 0.227. The van der Waals surface area contributed by atoms with E-state index in [4.69, 9.17) is 14.2 Å². The maximum atomic E-state index is 13.0. The van der Waals surface area contributed by atoms with Gasteiger partial charge in [0.25, 0.3) is 0 Å². The predicted octanol–water partition coefficient (Wildman–Crippen LogP) is 0.973. The molecule has 9 nitrogen and oxygen atoms in total. The third-order valence-electron chi connectivity index (χ3n) is 5.25. The highest BCUT2D eigenvalue weighted by atomic mass is 16.5. The summed E-state index contributed by atoms with van der Waals surface area (Å²) in [6, 6.07) is 6.53. The Hall–Kier alpha value is -2.36. The Morgan fingerprint density at radius 2 is 2.14 bits per heavy atom. The Bertz CT molecular complexity index is 715. The summed E-state index contributed by atoms with van der Waals surface area (Å²) >= 11 is 0. The molecule has 0 radical (unpaired) electrons. The van der Waals surface area contributed by atoms with Gasteiger partial charge in [0.1, 0.15) is 11.9 Å². The summed E-state index contributed by atoms with van der Waals surface area (Å²) < 4.78 is 16.9. The molecule has 0 spiro atoms. The fourth-order valence-corrected chi connectivity index (χ4v) is 3.78. The van der Waals surface area contributed by atoms with Crippen LogP contribution in [-0.4, -0.2) is 80.2 Å². The highest BCUT2D eigenvalue weighted by Crippen LogP contribution is 2.28. The van der Waals surface area contributed by atoms with E-state index in [9.17, 15) is 14.7 Å². The number of aliphatic hydroxyl groups is 1. The van der Waals surface area contributed by atoms with Gasteiger partial charge in [-0.2, -0.15) is 0 Å². The number of aliphatic hydroxyl groups excluding tert-OH is 1. The topological polar surface area (TPSA) is 109 Å². The number of methoxy groups -OCH3 is 1. The maximum absolute atomic E-state index is 13.0. The third kappa shape index (κ3) is 5.59. The van der Waals surface area contributed by atoms with Crippen LogP contribution in [0.3, 0.4) is 0 Å². The van der Waals surface area contributed by atoms with E-state index >= 15 is 0 Å². The van der Waals surface area contributed by atoms with Gasteiger partial charge in [0.2, 0.25) is 5.91 Å². The van der Waals surface area contributed by atoms with Crippen LogP contribution in [0.5, 0.6) is 5.75 Å². The van der Waals surface area contributed by atoms with Crippen LogP contribution < -0.4 is 15.4 Å². The van der Waals surface area contributed by atoms with Gasteiger partial charge in [0.15, 0.2) is 0 Å². The van der Waals surface area contributed by atoms with Crippen molar-refractivity contribution in [1.82, 2.24) is 10.2 Å². The zero-order chi connectivity index (χ0) is 20.8. The Balaban J connectivity index is 1.72. The summed E-state index contributed by atoms with van der Waals surface area (Å²) in [6.45, 7) is 0.519. The summed E-state index contributed by atoms with van der Waals surface area (Å²) in [5.41, 5.74) is 0.605. The van der Waals surface area contributed by atoms with Crippen molar-refractivity contribution in [2.45, 2.75) is 43.6 Å². The molecule has 2 aliphatic heterocycles. The molecule has 3 amide bonds. The number of nitrogens with zero attached hydrogens (tertiary/aromatic N) is 1. The summed E-state index contributed by atoms with van der Waals surface area (Å²) in [5.74, 6) is 0.558. The molecule has 3 rings (SSSR count). The molecule has 0 aromatic heterocycles. The molecule has 1 aromatic carbocycles. The number of fused-ring (bicyclic) bond motifs is 1. The highest BCUT2D eigenvalue weighted by Gasteiger charge is 2.40. The molecule has 1 aromatic rings. The second-order valence-electron chi connectivity index (χ2n) is 7.32. The average Bonchev–Trinajstić information content (AvgIpc) is 2.71. The molecule has 3 N–H and O–H groups in total. The van der Waals surface area contributed by atoms with Crippen LogP contribution in [0.1, 0.15) is 19.3 Å². The van der Waals surface area contributed by atoms with Crippen molar-refractivity contribution >= 4 is 17.6 Å². The number of ether oxygens (including phenoxy) is 3. The number of hydrogen-bond donors (Lipinski definition) is 3. The second-order valence-corrected chi connectivity index (χ2v) is 7.32. The summed E-state index contributed by atoms with van der Waals surface area (Å²) in [4.78, 5) is 26.4. The zero-order valence-electron chi connectivity index (χ0n) is 16.8. The number of nitrogens with one attached hydrogen (secondary N) is 2. The first-order valence-electron chi connectivity index (χ1n) is 9.83. The van der Waals surface area contributed by atoms with Gasteiger partial charge in [-0.15, -0.1) is 0 Å². The largest absolute Gasteiger partial charge is 0.497 e. The van der Waals surface area contributed by atoms with Gasteiger partial charge >= 0.3 is 6.03 Å². The van der Waals surface area contributed by atoms with Crippen molar-refractivity contribution in [3.63, 3.8) is 0 Å². The molecule has 9 heteroatoms. The number of amides is 3. The van der Waals surface area contributed by atoms with Gasteiger partial charge in [-0.25, -0.2) is 4.79 Å². The fraction of sp³-hybridized carbons (Fsp3) is 0.600. The number of carbonyl (C=O) groups is 2. The Morgan fingerprint density at radius 1 is 1.31 bits per heavy atom. The van der Waals surface area contributed by atoms with E-state index in [1.807, 2.05) is 0 Å². The predicted molar refractivity (Wildman–Crippen MR) is 106 cm³/mol. The first-order chi connectivity index (χ1) is 14.0. The molecule has 0 aliphatic carbocycles. The first kappa shape index (κ1) is 21.4. The number of benzene rings is 1. The Labute approximate surface area is 170 Å². The molecule has 2 fully saturated rings. The van der Waals surface area contributed by atoms with Crippen LogP contribution >= 0.6 is 0 Å². The summed E-state index contributed by atoms with van der Waals surface area (Å²) in [5, 5.41) is 15.7. The molecule has 160 valence electrons. The minimum absolute atomic E-state index is 0.0803. The van der Waals surface area contributed by atoms with E-state index in [-0.39, 0.29) is 56.4 Å². The van der Waals surface area contributed by atoms with Gasteiger partial charge < -0.3 is 34.9 Å². The Kier molecular flexibility index (Phi) is 7.29. The van der Waals surface area contributed by atoms with E-state index in [0.29, 0.717) is 24.3 Å². The van der Waals surface area contributed by atoms with E-state index < -0.39 is 6.10 Å². The number of hydrogen-bond acceptors (Lipinski definition) is 6. The van der Waals surface area contributed by atoms with E-state index in [1.165, 1.54) is 0 Å². The van der Waals surface area contributed by atoms with Gasteiger partial charge in [0.05, 0.1) is 51.5 Å². The lowest BCUT2D eigenvalue weighted by Gasteiger charge is -2.44. The van der Waals surface area contributed by atoms with Crippen LogP contribution in [0.2, 0.25) is 0 Å². The van der Waals surface area contributed by atoms with Gasteiger partial charge in [-0.05, 0) is 25.0 Å². The number of carbonyl (C=O) groups excluding carboxylic acids is 2. The molecule has 2 aliphatic rings. The molecule has 0 unspecified atom stereocenters. The molecule has 0 bridgehead atoms.